The smallest absolute Gasteiger partial charge is 0.147 e. The van der Waals surface area contributed by atoms with Crippen molar-refractivity contribution in [1.82, 2.24) is 9.97 Å². The maximum atomic E-state index is 13.4. The zero-order valence-corrected chi connectivity index (χ0v) is 7.79. The molecule has 3 N–H and O–H groups in total. The van der Waals surface area contributed by atoms with E-state index in [2.05, 4.69) is 9.97 Å². The molecule has 1 aromatic carbocycles. The number of aromatic nitrogens is 2. The van der Waals surface area contributed by atoms with Crippen molar-refractivity contribution in [2.45, 2.75) is 0 Å². The third kappa shape index (κ3) is 1.08. The molecule has 0 radical (unpaired) electrons. The van der Waals surface area contributed by atoms with Crippen LogP contribution in [0.15, 0.2) is 30.5 Å². The van der Waals surface area contributed by atoms with E-state index < -0.39 is 0 Å². The van der Waals surface area contributed by atoms with Gasteiger partial charge in [-0.3, -0.25) is 0 Å². The van der Waals surface area contributed by atoms with Crippen molar-refractivity contribution in [3.05, 3.63) is 36.3 Å². The molecule has 4 heteroatoms. The number of benzene rings is 1. The minimum atomic E-state index is -0.262. The number of pyridine rings is 1. The van der Waals surface area contributed by atoms with Crippen LogP contribution in [0, 0.1) is 5.82 Å². The third-order valence-electron chi connectivity index (χ3n) is 2.49. The topological polar surface area (TPSA) is 54.7 Å². The molecule has 2 heterocycles. The summed E-state index contributed by atoms with van der Waals surface area (Å²) in [6.07, 6.45) is 1.62. The Balaban J connectivity index is 2.58. The number of aromatic amines is 1. The minimum Gasteiger partial charge on any atom is -0.384 e. The fraction of sp³-hybridized carbons (Fsp3) is 0. The summed E-state index contributed by atoms with van der Waals surface area (Å²) >= 11 is 0. The lowest BCUT2D eigenvalue weighted by molar-refractivity contribution is 0.637. The number of nitrogens with zero attached hydrogens (tertiary/aromatic N) is 1. The molecule has 0 atom stereocenters. The fourth-order valence-corrected chi connectivity index (χ4v) is 1.80. The van der Waals surface area contributed by atoms with Gasteiger partial charge in [-0.25, -0.2) is 9.37 Å². The summed E-state index contributed by atoms with van der Waals surface area (Å²) in [6, 6.07) is 6.71. The summed E-state index contributed by atoms with van der Waals surface area (Å²) in [4.78, 5) is 6.94. The summed E-state index contributed by atoms with van der Waals surface area (Å²) < 4.78 is 13.4. The number of nitrogens with two attached hydrogens (primary N) is 1. The second-order valence-electron chi connectivity index (χ2n) is 3.44. The summed E-state index contributed by atoms with van der Waals surface area (Å²) in [7, 11) is 0. The van der Waals surface area contributed by atoms with Crippen molar-refractivity contribution >= 4 is 27.6 Å². The lowest BCUT2D eigenvalue weighted by Crippen LogP contribution is -1.87. The van der Waals surface area contributed by atoms with Gasteiger partial charge in [0.2, 0.25) is 0 Å². The van der Waals surface area contributed by atoms with E-state index in [1.165, 1.54) is 6.07 Å². The normalized spacial score (nSPS) is 11.3. The second-order valence-corrected chi connectivity index (χ2v) is 3.44. The fourth-order valence-electron chi connectivity index (χ4n) is 1.80. The molecule has 15 heavy (non-hydrogen) atoms. The highest BCUT2D eigenvalue weighted by Gasteiger charge is 2.07. The van der Waals surface area contributed by atoms with Gasteiger partial charge in [0.1, 0.15) is 11.6 Å². The van der Waals surface area contributed by atoms with Gasteiger partial charge in [0.25, 0.3) is 0 Å². The van der Waals surface area contributed by atoms with Crippen LogP contribution in [0.2, 0.25) is 0 Å². The van der Waals surface area contributed by atoms with Gasteiger partial charge in [-0.1, -0.05) is 12.1 Å². The number of anilines is 1. The molecule has 0 saturated heterocycles. The van der Waals surface area contributed by atoms with Crippen LogP contribution in [-0.4, -0.2) is 9.97 Å². The highest BCUT2D eigenvalue weighted by Crippen LogP contribution is 2.27. The predicted octanol–water partition coefficient (Wildman–Crippen LogP) is 2.44. The van der Waals surface area contributed by atoms with E-state index in [0.717, 1.165) is 16.3 Å². The molecule has 0 unspecified atom stereocenters. The number of hydrogen-bond acceptors (Lipinski definition) is 2. The summed E-state index contributed by atoms with van der Waals surface area (Å²) in [5.41, 5.74) is 6.89. The van der Waals surface area contributed by atoms with E-state index in [1.807, 2.05) is 6.07 Å². The maximum Gasteiger partial charge on any atom is 0.147 e. The van der Waals surface area contributed by atoms with Crippen molar-refractivity contribution in [1.29, 1.82) is 0 Å². The van der Waals surface area contributed by atoms with Crippen LogP contribution in [0.1, 0.15) is 0 Å². The summed E-state index contributed by atoms with van der Waals surface area (Å²) in [6.45, 7) is 0. The van der Waals surface area contributed by atoms with Gasteiger partial charge in [0, 0.05) is 10.8 Å². The number of hydrogen-bond donors (Lipinski definition) is 2. The van der Waals surface area contributed by atoms with E-state index in [0.29, 0.717) is 11.3 Å². The van der Waals surface area contributed by atoms with Gasteiger partial charge in [-0.05, 0) is 12.1 Å². The molecule has 0 aliphatic heterocycles. The van der Waals surface area contributed by atoms with E-state index in [9.17, 15) is 4.39 Å². The van der Waals surface area contributed by atoms with Crippen LogP contribution in [0.5, 0.6) is 0 Å². The molecule has 2 aromatic heterocycles. The first kappa shape index (κ1) is 8.23. The monoisotopic (exact) mass is 201 g/mol. The average Bonchev–Trinajstić information content (AvgIpc) is 2.58. The van der Waals surface area contributed by atoms with Crippen molar-refractivity contribution in [2.24, 2.45) is 0 Å². The van der Waals surface area contributed by atoms with Gasteiger partial charge in [-0.2, -0.15) is 0 Å². The van der Waals surface area contributed by atoms with Crippen LogP contribution in [0.4, 0.5) is 10.2 Å². The van der Waals surface area contributed by atoms with Crippen LogP contribution in [-0.2, 0) is 0 Å². The average molecular weight is 201 g/mol. The largest absolute Gasteiger partial charge is 0.384 e. The first-order chi connectivity index (χ1) is 7.25. The molecular weight excluding hydrogens is 193 g/mol. The van der Waals surface area contributed by atoms with Gasteiger partial charge >= 0.3 is 0 Å². The molecule has 3 nitrogen and oxygen atoms in total. The van der Waals surface area contributed by atoms with Gasteiger partial charge in [0.15, 0.2) is 0 Å². The first-order valence-corrected chi connectivity index (χ1v) is 4.57. The lowest BCUT2D eigenvalue weighted by atomic mass is 10.2. The summed E-state index contributed by atoms with van der Waals surface area (Å²) in [5.74, 6) is 0.176. The van der Waals surface area contributed by atoms with E-state index >= 15 is 0 Å². The van der Waals surface area contributed by atoms with E-state index in [4.69, 9.17) is 5.73 Å². The number of nitrogen functional groups attached to an aromatic ring is 1. The number of nitrogens with one attached hydrogen (secondary N) is 1. The third-order valence-corrected chi connectivity index (χ3v) is 2.49. The predicted molar refractivity (Wildman–Crippen MR) is 58.0 cm³/mol. The number of H-pyrrole nitrogens is 1. The molecule has 0 bridgehead atoms. The zero-order valence-electron chi connectivity index (χ0n) is 7.79. The maximum absolute atomic E-state index is 13.4. The SMILES string of the molecule is Nc1cc2c(cn1)[nH]c1c(F)cccc12. The van der Waals surface area contributed by atoms with Crippen molar-refractivity contribution in [3.63, 3.8) is 0 Å². The highest BCUT2D eigenvalue weighted by atomic mass is 19.1. The Hall–Kier alpha value is -2.10. The van der Waals surface area contributed by atoms with Gasteiger partial charge in [0.05, 0.1) is 17.2 Å². The zero-order chi connectivity index (χ0) is 10.4. The Labute approximate surface area is 84.7 Å². The summed E-state index contributed by atoms with van der Waals surface area (Å²) in [5, 5.41) is 1.73. The molecule has 0 saturated carbocycles. The molecule has 0 aliphatic carbocycles. The Kier molecular flexibility index (Phi) is 1.48. The molecule has 3 rings (SSSR count). The van der Waals surface area contributed by atoms with Gasteiger partial charge < -0.3 is 10.7 Å². The molecule has 0 aliphatic rings. The van der Waals surface area contributed by atoms with Crippen molar-refractivity contribution in [3.8, 4) is 0 Å². The quantitative estimate of drug-likeness (QED) is 0.587. The van der Waals surface area contributed by atoms with Gasteiger partial charge in [-0.15, -0.1) is 0 Å². The van der Waals surface area contributed by atoms with E-state index in [-0.39, 0.29) is 5.82 Å². The lowest BCUT2D eigenvalue weighted by Gasteiger charge is -1.92. The van der Waals surface area contributed by atoms with Crippen LogP contribution >= 0.6 is 0 Å². The van der Waals surface area contributed by atoms with Crippen molar-refractivity contribution in [2.75, 3.05) is 5.73 Å². The number of para-hydroxylation sites is 1. The Bertz CT molecular complexity index is 657. The minimum absolute atomic E-state index is 0.262. The number of fused-ring (bicyclic) bond motifs is 3. The van der Waals surface area contributed by atoms with Crippen LogP contribution < -0.4 is 5.73 Å². The van der Waals surface area contributed by atoms with E-state index in [1.54, 1.807) is 18.3 Å². The van der Waals surface area contributed by atoms with Crippen LogP contribution in [0.25, 0.3) is 21.8 Å². The second kappa shape index (κ2) is 2.70. The molecule has 74 valence electrons. The molecule has 0 spiro atoms. The standard InChI is InChI=1S/C11H8FN3/c12-8-3-1-2-6-7-4-10(13)14-5-9(7)15-11(6)8/h1-5,15H,(H2,13,14). The first-order valence-electron chi connectivity index (χ1n) is 4.57. The molecule has 3 aromatic rings. The van der Waals surface area contributed by atoms with Crippen LogP contribution in [0.3, 0.4) is 0 Å². The molecule has 0 fully saturated rings. The van der Waals surface area contributed by atoms with Crippen molar-refractivity contribution < 1.29 is 4.39 Å². The molecular formula is C11H8FN3. The Morgan fingerprint density at radius 2 is 2.13 bits per heavy atom. The Morgan fingerprint density at radius 3 is 3.00 bits per heavy atom. The molecule has 0 amide bonds. The number of rotatable bonds is 0. The highest BCUT2D eigenvalue weighted by molar-refractivity contribution is 6.07. The Morgan fingerprint density at radius 1 is 1.27 bits per heavy atom. The number of halogens is 1.